The van der Waals surface area contributed by atoms with Crippen molar-refractivity contribution in [3.63, 3.8) is 0 Å². The summed E-state index contributed by atoms with van der Waals surface area (Å²) in [5, 5.41) is 0. The smallest absolute Gasteiger partial charge is 0.387 e. The fourth-order valence-corrected chi connectivity index (χ4v) is 1.33. The van der Waals surface area contributed by atoms with Gasteiger partial charge in [0.25, 0.3) is 0 Å². The molecule has 13 heavy (non-hydrogen) atoms. The summed E-state index contributed by atoms with van der Waals surface area (Å²) in [7, 11) is 0. The van der Waals surface area contributed by atoms with Gasteiger partial charge in [0.15, 0.2) is 5.75 Å². The number of rotatable bonds is 2. The summed E-state index contributed by atoms with van der Waals surface area (Å²) in [5.74, 6) is -0.873. The molecule has 1 aromatic rings. The van der Waals surface area contributed by atoms with E-state index in [0.29, 0.717) is 0 Å². The summed E-state index contributed by atoms with van der Waals surface area (Å²) in [6.07, 6.45) is 0. The summed E-state index contributed by atoms with van der Waals surface area (Å²) in [6.45, 7) is -2.98. The number of halogens is 4. The molecule has 0 aliphatic heterocycles. The second kappa shape index (κ2) is 3.87. The zero-order valence-electron chi connectivity index (χ0n) is 6.23. The molecule has 2 nitrogen and oxygen atoms in total. The molecule has 2 N–H and O–H groups in total. The molecule has 1 aromatic carbocycles. The highest BCUT2D eigenvalue weighted by Crippen LogP contribution is 2.33. The van der Waals surface area contributed by atoms with Gasteiger partial charge in [0, 0.05) is 6.07 Å². The van der Waals surface area contributed by atoms with E-state index < -0.39 is 12.4 Å². The van der Waals surface area contributed by atoms with Gasteiger partial charge in [0.1, 0.15) is 5.82 Å². The van der Waals surface area contributed by atoms with Gasteiger partial charge < -0.3 is 10.5 Å². The number of hydrogen-bond donors (Lipinski definition) is 1. The molecular weight excluding hydrogens is 251 g/mol. The van der Waals surface area contributed by atoms with Crippen molar-refractivity contribution < 1.29 is 17.9 Å². The first kappa shape index (κ1) is 10.2. The van der Waals surface area contributed by atoms with Crippen LogP contribution in [0.25, 0.3) is 0 Å². The number of anilines is 1. The van der Waals surface area contributed by atoms with Crippen molar-refractivity contribution in [2.45, 2.75) is 6.61 Å². The Morgan fingerprint density at radius 3 is 2.46 bits per heavy atom. The minimum atomic E-state index is -2.98. The lowest BCUT2D eigenvalue weighted by Gasteiger charge is -2.09. The van der Waals surface area contributed by atoms with Gasteiger partial charge in [-0.15, -0.1) is 0 Å². The zero-order valence-corrected chi connectivity index (χ0v) is 7.82. The fourth-order valence-electron chi connectivity index (χ4n) is 0.794. The number of benzene rings is 1. The van der Waals surface area contributed by atoms with Gasteiger partial charge in [-0.1, -0.05) is 0 Å². The van der Waals surface area contributed by atoms with E-state index in [9.17, 15) is 13.2 Å². The van der Waals surface area contributed by atoms with Crippen LogP contribution in [0.5, 0.6) is 5.75 Å². The quantitative estimate of drug-likeness (QED) is 0.825. The average molecular weight is 256 g/mol. The van der Waals surface area contributed by atoms with E-state index in [4.69, 9.17) is 5.73 Å². The maximum absolute atomic E-state index is 12.6. The number of hydrogen-bond acceptors (Lipinski definition) is 2. The number of nitrogen functional groups attached to an aromatic ring is 1. The third kappa shape index (κ3) is 2.51. The van der Waals surface area contributed by atoms with Crippen molar-refractivity contribution >= 4 is 21.6 Å². The molecule has 0 saturated carbocycles. The third-order valence-corrected chi connectivity index (χ3v) is 1.83. The molecule has 0 radical (unpaired) electrons. The van der Waals surface area contributed by atoms with E-state index >= 15 is 0 Å². The molecule has 0 heterocycles. The molecule has 0 bridgehead atoms. The molecule has 1 rings (SSSR count). The molecule has 0 fully saturated rings. The molecule has 0 unspecified atom stereocenters. The summed E-state index contributed by atoms with van der Waals surface area (Å²) < 4.78 is 40.3. The van der Waals surface area contributed by atoms with Gasteiger partial charge in [0.2, 0.25) is 0 Å². The van der Waals surface area contributed by atoms with Crippen molar-refractivity contribution in [2.75, 3.05) is 5.73 Å². The predicted molar refractivity (Wildman–Crippen MR) is 45.1 cm³/mol. The summed E-state index contributed by atoms with van der Waals surface area (Å²) in [6, 6.07) is 1.90. The third-order valence-electron chi connectivity index (χ3n) is 1.24. The molecule has 72 valence electrons. The maximum Gasteiger partial charge on any atom is 0.387 e. The molecule has 0 saturated heterocycles. The first-order chi connectivity index (χ1) is 6.00. The summed E-state index contributed by atoms with van der Waals surface area (Å²) in [5.41, 5.74) is 5.07. The minimum Gasteiger partial charge on any atom is -0.431 e. The highest BCUT2D eigenvalue weighted by atomic mass is 79.9. The van der Waals surface area contributed by atoms with Gasteiger partial charge in [-0.05, 0) is 22.0 Å². The van der Waals surface area contributed by atoms with Crippen LogP contribution in [-0.2, 0) is 0 Å². The molecule has 0 aliphatic rings. The summed E-state index contributed by atoms with van der Waals surface area (Å²) >= 11 is 2.85. The van der Waals surface area contributed by atoms with Crippen molar-refractivity contribution in [3.8, 4) is 5.75 Å². The molecule has 0 atom stereocenters. The van der Waals surface area contributed by atoms with E-state index in [1.54, 1.807) is 0 Å². The number of alkyl halides is 2. The van der Waals surface area contributed by atoms with Crippen LogP contribution in [0.15, 0.2) is 16.6 Å². The lowest BCUT2D eigenvalue weighted by atomic mass is 10.3. The number of ether oxygens (including phenoxy) is 1. The number of nitrogens with two attached hydrogens (primary N) is 1. The Balaban J connectivity index is 3.06. The Morgan fingerprint density at radius 2 is 2.00 bits per heavy atom. The van der Waals surface area contributed by atoms with Crippen LogP contribution in [0.2, 0.25) is 0 Å². The van der Waals surface area contributed by atoms with Gasteiger partial charge in [-0.2, -0.15) is 8.78 Å². The van der Waals surface area contributed by atoms with Crippen LogP contribution < -0.4 is 10.5 Å². The lowest BCUT2D eigenvalue weighted by Crippen LogP contribution is -2.05. The van der Waals surface area contributed by atoms with E-state index in [-0.39, 0.29) is 15.9 Å². The van der Waals surface area contributed by atoms with Crippen LogP contribution >= 0.6 is 15.9 Å². The van der Waals surface area contributed by atoms with Crippen molar-refractivity contribution in [2.24, 2.45) is 0 Å². The van der Waals surface area contributed by atoms with E-state index in [2.05, 4.69) is 20.7 Å². The highest BCUT2D eigenvalue weighted by molar-refractivity contribution is 9.10. The van der Waals surface area contributed by atoms with E-state index in [0.717, 1.165) is 12.1 Å². The van der Waals surface area contributed by atoms with Crippen LogP contribution in [0.3, 0.4) is 0 Å². The summed E-state index contributed by atoms with van der Waals surface area (Å²) in [4.78, 5) is 0. The second-order valence-electron chi connectivity index (χ2n) is 2.18. The highest BCUT2D eigenvalue weighted by Gasteiger charge is 2.12. The Kier molecular flexibility index (Phi) is 3.02. The first-order valence-electron chi connectivity index (χ1n) is 3.20. The molecule has 0 amide bonds. The molecular formula is C7H5BrF3NO. The topological polar surface area (TPSA) is 35.2 Å². The van der Waals surface area contributed by atoms with Gasteiger partial charge >= 0.3 is 6.61 Å². The Labute approximate surface area is 80.6 Å². The van der Waals surface area contributed by atoms with Crippen molar-refractivity contribution in [1.29, 1.82) is 0 Å². The Hall–Kier alpha value is -0.910. The van der Waals surface area contributed by atoms with Crippen molar-refractivity contribution in [1.82, 2.24) is 0 Å². The monoisotopic (exact) mass is 255 g/mol. The largest absolute Gasteiger partial charge is 0.431 e. The van der Waals surface area contributed by atoms with Crippen LogP contribution in [0.4, 0.5) is 18.9 Å². The first-order valence-corrected chi connectivity index (χ1v) is 3.99. The second-order valence-corrected chi connectivity index (χ2v) is 3.04. The van der Waals surface area contributed by atoms with Gasteiger partial charge in [-0.25, -0.2) is 4.39 Å². The van der Waals surface area contributed by atoms with Crippen LogP contribution in [0, 0.1) is 5.82 Å². The van der Waals surface area contributed by atoms with Crippen LogP contribution in [0.1, 0.15) is 0 Å². The van der Waals surface area contributed by atoms with E-state index in [1.165, 1.54) is 0 Å². The fraction of sp³-hybridized carbons (Fsp3) is 0.143. The lowest BCUT2D eigenvalue weighted by molar-refractivity contribution is -0.0498. The van der Waals surface area contributed by atoms with Crippen LogP contribution in [-0.4, -0.2) is 6.61 Å². The Bertz CT molecular complexity index is 296. The molecule has 0 aromatic heterocycles. The predicted octanol–water partition coefficient (Wildman–Crippen LogP) is 2.77. The zero-order chi connectivity index (χ0) is 10.0. The molecule has 6 heteroatoms. The SMILES string of the molecule is Nc1cc(F)cc(Br)c1OC(F)F. The standard InChI is InChI=1S/C7H5BrF3NO/c8-4-1-3(9)2-5(12)6(4)13-7(10)11/h1-2,7H,12H2. The molecule has 0 spiro atoms. The van der Waals surface area contributed by atoms with Gasteiger partial charge in [0.05, 0.1) is 10.2 Å². The minimum absolute atomic E-state index is 0.0605. The normalized spacial score (nSPS) is 10.5. The average Bonchev–Trinajstić information content (AvgIpc) is 1.96. The van der Waals surface area contributed by atoms with E-state index in [1.807, 2.05) is 0 Å². The van der Waals surface area contributed by atoms with Gasteiger partial charge in [-0.3, -0.25) is 0 Å². The maximum atomic E-state index is 12.6. The molecule has 0 aliphatic carbocycles. The Morgan fingerprint density at radius 1 is 1.38 bits per heavy atom. The van der Waals surface area contributed by atoms with Crippen molar-refractivity contribution in [3.05, 3.63) is 22.4 Å².